The first-order chi connectivity index (χ1) is 9.12. The Labute approximate surface area is 112 Å². The summed E-state index contributed by atoms with van der Waals surface area (Å²) >= 11 is 0. The van der Waals surface area contributed by atoms with Crippen LogP contribution in [0.3, 0.4) is 0 Å². The molecule has 8 heteroatoms. The standard InChI is InChI=1S/C11H18N4O3S/c16-8-10-2-1-5-15(7-10)19(17,18)14-6-11-3-4-12-9-13-11/h3-4,9-10,14,16H,1-2,5-8H2. The number of hydrogen-bond acceptors (Lipinski definition) is 5. The molecule has 1 aromatic heterocycles. The Balaban J connectivity index is 1.94. The van der Waals surface area contributed by atoms with Crippen LogP contribution < -0.4 is 4.72 Å². The highest BCUT2D eigenvalue weighted by Gasteiger charge is 2.28. The fraction of sp³-hybridized carbons (Fsp3) is 0.636. The van der Waals surface area contributed by atoms with Gasteiger partial charge in [0.05, 0.1) is 12.2 Å². The Kier molecular flexibility index (Phi) is 4.81. The number of aliphatic hydroxyl groups excluding tert-OH is 1. The Morgan fingerprint density at radius 3 is 3.05 bits per heavy atom. The summed E-state index contributed by atoms with van der Waals surface area (Å²) in [6.45, 7) is 1.04. The summed E-state index contributed by atoms with van der Waals surface area (Å²) in [5, 5.41) is 9.12. The van der Waals surface area contributed by atoms with Crippen LogP contribution in [-0.4, -0.2) is 47.5 Å². The van der Waals surface area contributed by atoms with Crippen molar-refractivity contribution in [1.82, 2.24) is 19.0 Å². The fourth-order valence-corrected chi connectivity index (χ4v) is 3.36. The van der Waals surface area contributed by atoms with Gasteiger partial charge in [-0.3, -0.25) is 0 Å². The Hall–Kier alpha value is -1.09. The predicted molar refractivity (Wildman–Crippen MR) is 69.2 cm³/mol. The van der Waals surface area contributed by atoms with Gasteiger partial charge in [0.2, 0.25) is 0 Å². The molecule has 0 amide bonds. The van der Waals surface area contributed by atoms with Crippen LogP contribution in [0, 0.1) is 5.92 Å². The molecule has 0 saturated carbocycles. The molecule has 2 rings (SSSR count). The van der Waals surface area contributed by atoms with E-state index in [-0.39, 0.29) is 19.1 Å². The Bertz CT molecular complexity index is 494. The third-order valence-corrected chi connectivity index (χ3v) is 4.68. The minimum absolute atomic E-state index is 0.0257. The van der Waals surface area contributed by atoms with Crippen LogP contribution in [-0.2, 0) is 16.8 Å². The van der Waals surface area contributed by atoms with E-state index in [4.69, 9.17) is 5.11 Å². The zero-order chi connectivity index (χ0) is 13.7. The highest BCUT2D eigenvalue weighted by molar-refractivity contribution is 7.87. The van der Waals surface area contributed by atoms with Crippen LogP contribution in [0.15, 0.2) is 18.6 Å². The quantitative estimate of drug-likeness (QED) is 0.762. The SMILES string of the molecule is O=S(=O)(NCc1ccncn1)N1CCCC(CO)C1. The molecule has 0 aromatic carbocycles. The minimum atomic E-state index is -3.51. The predicted octanol–water partition coefficient (Wildman–Crippen LogP) is -0.485. The van der Waals surface area contributed by atoms with Gasteiger partial charge in [-0.1, -0.05) is 0 Å². The lowest BCUT2D eigenvalue weighted by atomic mass is 10.0. The molecule has 1 fully saturated rings. The largest absolute Gasteiger partial charge is 0.396 e. The summed E-state index contributed by atoms with van der Waals surface area (Å²) in [5.41, 5.74) is 0.620. The summed E-state index contributed by atoms with van der Waals surface area (Å²) in [6, 6.07) is 1.66. The minimum Gasteiger partial charge on any atom is -0.396 e. The van der Waals surface area contributed by atoms with E-state index >= 15 is 0 Å². The lowest BCUT2D eigenvalue weighted by molar-refractivity contribution is 0.164. The van der Waals surface area contributed by atoms with Crippen molar-refractivity contribution in [2.24, 2.45) is 5.92 Å². The first kappa shape index (κ1) is 14.3. The van der Waals surface area contributed by atoms with Gasteiger partial charge in [0.15, 0.2) is 0 Å². The lowest BCUT2D eigenvalue weighted by Crippen LogP contribution is -2.46. The van der Waals surface area contributed by atoms with Crippen molar-refractivity contribution in [3.05, 3.63) is 24.3 Å². The van der Waals surface area contributed by atoms with Crippen molar-refractivity contribution in [2.75, 3.05) is 19.7 Å². The van der Waals surface area contributed by atoms with Gasteiger partial charge in [-0.25, -0.2) is 9.97 Å². The molecule has 2 heterocycles. The molecule has 1 aliphatic rings. The number of hydrogen-bond donors (Lipinski definition) is 2. The molecule has 0 bridgehead atoms. The second kappa shape index (κ2) is 6.38. The van der Waals surface area contributed by atoms with Gasteiger partial charge in [0, 0.05) is 25.9 Å². The number of nitrogens with zero attached hydrogens (tertiary/aromatic N) is 3. The second-order valence-electron chi connectivity index (χ2n) is 4.58. The third kappa shape index (κ3) is 3.93. The van der Waals surface area contributed by atoms with Crippen LogP contribution in [0.2, 0.25) is 0 Å². The van der Waals surface area contributed by atoms with E-state index in [0.717, 1.165) is 12.8 Å². The number of piperidine rings is 1. The van der Waals surface area contributed by atoms with E-state index in [9.17, 15) is 8.42 Å². The van der Waals surface area contributed by atoms with E-state index < -0.39 is 10.2 Å². The van der Waals surface area contributed by atoms with E-state index in [0.29, 0.717) is 18.8 Å². The fourth-order valence-electron chi connectivity index (χ4n) is 2.07. The van der Waals surface area contributed by atoms with Crippen molar-refractivity contribution in [2.45, 2.75) is 19.4 Å². The smallest absolute Gasteiger partial charge is 0.279 e. The molecule has 19 heavy (non-hydrogen) atoms. The monoisotopic (exact) mass is 286 g/mol. The first-order valence-electron chi connectivity index (χ1n) is 6.22. The number of nitrogens with one attached hydrogen (secondary N) is 1. The van der Waals surface area contributed by atoms with Crippen molar-refractivity contribution in [3.63, 3.8) is 0 Å². The molecule has 106 valence electrons. The molecular weight excluding hydrogens is 268 g/mol. The van der Waals surface area contributed by atoms with Crippen molar-refractivity contribution in [3.8, 4) is 0 Å². The maximum absolute atomic E-state index is 12.1. The summed E-state index contributed by atoms with van der Waals surface area (Å²) < 4.78 is 28.1. The molecule has 0 aliphatic carbocycles. The van der Waals surface area contributed by atoms with E-state index in [1.807, 2.05) is 0 Å². The first-order valence-corrected chi connectivity index (χ1v) is 7.66. The van der Waals surface area contributed by atoms with Gasteiger partial charge in [-0.2, -0.15) is 17.4 Å². The lowest BCUT2D eigenvalue weighted by Gasteiger charge is -2.30. The van der Waals surface area contributed by atoms with Crippen molar-refractivity contribution >= 4 is 10.2 Å². The van der Waals surface area contributed by atoms with Gasteiger partial charge in [0.1, 0.15) is 6.33 Å². The normalized spacial score (nSPS) is 21.4. The summed E-state index contributed by atoms with van der Waals surface area (Å²) in [7, 11) is -3.51. The Morgan fingerprint density at radius 2 is 2.37 bits per heavy atom. The average Bonchev–Trinajstić information content (AvgIpc) is 2.46. The van der Waals surface area contributed by atoms with Gasteiger partial charge in [-0.05, 0) is 24.8 Å². The molecule has 1 aromatic rings. The van der Waals surface area contributed by atoms with E-state index in [1.54, 1.807) is 12.3 Å². The number of rotatable bonds is 5. The van der Waals surface area contributed by atoms with Crippen LogP contribution in [0.4, 0.5) is 0 Å². The summed E-state index contributed by atoms with van der Waals surface area (Å²) in [4.78, 5) is 7.74. The average molecular weight is 286 g/mol. The van der Waals surface area contributed by atoms with E-state index in [1.165, 1.54) is 10.6 Å². The van der Waals surface area contributed by atoms with E-state index in [2.05, 4.69) is 14.7 Å². The Morgan fingerprint density at radius 1 is 1.53 bits per heavy atom. The van der Waals surface area contributed by atoms with Gasteiger partial charge < -0.3 is 5.11 Å². The zero-order valence-corrected chi connectivity index (χ0v) is 11.4. The molecule has 2 N–H and O–H groups in total. The van der Waals surface area contributed by atoms with Gasteiger partial charge in [0.25, 0.3) is 10.2 Å². The molecule has 1 unspecified atom stereocenters. The van der Waals surface area contributed by atoms with Crippen LogP contribution in [0.25, 0.3) is 0 Å². The summed E-state index contributed by atoms with van der Waals surface area (Å²) in [5.74, 6) is 0.0318. The molecule has 1 saturated heterocycles. The zero-order valence-electron chi connectivity index (χ0n) is 10.6. The molecule has 7 nitrogen and oxygen atoms in total. The molecule has 1 atom stereocenters. The second-order valence-corrected chi connectivity index (χ2v) is 6.33. The molecular formula is C11H18N4O3S. The van der Waals surface area contributed by atoms with Crippen LogP contribution in [0.1, 0.15) is 18.5 Å². The summed E-state index contributed by atoms with van der Waals surface area (Å²) in [6.07, 6.45) is 4.60. The van der Waals surface area contributed by atoms with Crippen LogP contribution >= 0.6 is 0 Å². The third-order valence-electron chi connectivity index (χ3n) is 3.16. The topological polar surface area (TPSA) is 95.4 Å². The van der Waals surface area contributed by atoms with Crippen molar-refractivity contribution in [1.29, 1.82) is 0 Å². The highest BCUT2D eigenvalue weighted by Crippen LogP contribution is 2.17. The van der Waals surface area contributed by atoms with Crippen molar-refractivity contribution < 1.29 is 13.5 Å². The van der Waals surface area contributed by atoms with Gasteiger partial charge in [-0.15, -0.1) is 0 Å². The van der Waals surface area contributed by atoms with Crippen LogP contribution in [0.5, 0.6) is 0 Å². The maximum Gasteiger partial charge on any atom is 0.279 e. The maximum atomic E-state index is 12.1. The molecule has 1 aliphatic heterocycles. The molecule has 0 radical (unpaired) electrons. The number of aromatic nitrogens is 2. The number of aliphatic hydroxyl groups is 1. The van der Waals surface area contributed by atoms with Gasteiger partial charge >= 0.3 is 0 Å². The highest BCUT2D eigenvalue weighted by atomic mass is 32.2. The molecule has 0 spiro atoms.